The van der Waals surface area contributed by atoms with Gasteiger partial charge in [0.2, 0.25) is 5.91 Å². The fourth-order valence-corrected chi connectivity index (χ4v) is 3.27. The third-order valence-electron chi connectivity index (χ3n) is 4.19. The number of nitro benzene ring substituents is 1. The number of nitrogens with zero attached hydrogens (tertiary/aromatic N) is 5. The highest BCUT2D eigenvalue weighted by Crippen LogP contribution is 2.28. The summed E-state index contributed by atoms with van der Waals surface area (Å²) in [6.07, 6.45) is 3.33. The quantitative estimate of drug-likeness (QED) is 0.385. The van der Waals surface area contributed by atoms with Gasteiger partial charge in [0.05, 0.1) is 10.7 Å². The standard InChI is InChI=1S/C18H18N6O3S/c1-11-8-14(15(24(26)27)9-12(11)2)20-16(25)10-28-18-22-21-17(23(18)3)13-4-6-19-7-5-13/h4-9H,10H2,1-3H3,(H,20,25). The Labute approximate surface area is 165 Å². The number of hydrogen-bond donors (Lipinski definition) is 1. The lowest BCUT2D eigenvalue weighted by Crippen LogP contribution is -2.16. The van der Waals surface area contributed by atoms with E-state index < -0.39 is 4.92 Å². The normalized spacial score (nSPS) is 10.7. The smallest absolute Gasteiger partial charge is 0.293 e. The molecule has 3 rings (SSSR count). The van der Waals surface area contributed by atoms with Gasteiger partial charge in [-0.05, 0) is 43.2 Å². The number of rotatable bonds is 6. The Balaban J connectivity index is 1.70. The molecule has 1 amide bonds. The van der Waals surface area contributed by atoms with Crippen LogP contribution >= 0.6 is 11.8 Å². The van der Waals surface area contributed by atoms with Crippen LogP contribution in [-0.4, -0.2) is 36.3 Å². The molecule has 10 heteroatoms. The Hall–Kier alpha value is -3.27. The van der Waals surface area contributed by atoms with Crippen molar-refractivity contribution in [1.82, 2.24) is 19.7 Å². The van der Waals surface area contributed by atoms with Gasteiger partial charge < -0.3 is 9.88 Å². The van der Waals surface area contributed by atoms with Crippen LogP contribution in [0.3, 0.4) is 0 Å². The Morgan fingerprint density at radius 1 is 1.21 bits per heavy atom. The predicted molar refractivity (Wildman–Crippen MR) is 106 cm³/mol. The third kappa shape index (κ3) is 4.17. The largest absolute Gasteiger partial charge is 0.320 e. The molecule has 3 aromatic rings. The van der Waals surface area contributed by atoms with Crippen LogP contribution in [0.4, 0.5) is 11.4 Å². The average Bonchev–Trinajstić information content (AvgIpc) is 3.04. The zero-order valence-electron chi connectivity index (χ0n) is 15.5. The minimum Gasteiger partial charge on any atom is -0.320 e. The fraction of sp³-hybridized carbons (Fsp3) is 0.222. The van der Waals surface area contributed by atoms with Gasteiger partial charge in [-0.15, -0.1) is 10.2 Å². The van der Waals surface area contributed by atoms with Crippen LogP contribution in [0.5, 0.6) is 0 Å². The first-order chi connectivity index (χ1) is 13.4. The summed E-state index contributed by atoms with van der Waals surface area (Å²) in [6.45, 7) is 3.63. The van der Waals surface area contributed by atoms with Gasteiger partial charge in [0.1, 0.15) is 5.69 Å². The lowest BCUT2D eigenvalue weighted by Gasteiger charge is -2.09. The van der Waals surface area contributed by atoms with Gasteiger partial charge in [-0.2, -0.15) is 0 Å². The first-order valence-corrected chi connectivity index (χ1v) is 9.33. The fourth-order valence-electron chi connectivity index (χ4n) is 2.56. The Bertz CT molecular complexity index is 1040. The van der Waals surface area contributed by atoms with Gasteiger partial charge >= 0.3 is 0 Å². The zero-order valence-corrected chi connectivity index (χ0v) is 16.4. The summed E-state index contributed by atoms with van der Waals surface area (Å²) in [5, 5.41) is 22.7. The predicted octanol–water partition coefficient (Wildman–Crippen LogP) is 3.13. The number of amides is 1. The molecular weight excluding hydrogens is 380 g/mol. The van der Waals surface area contributed by atoms with E-state index in [0.717, 1.165) is 16.7 Å². The van der Waals surface area contributed by atoms with Crippen LogP contribution < -0.4 is 5.32 Å². The van der Waals surface area contributed by atoms with Gasteiger partial charge in [-0.1, -0.05) is 11.8 Å². The van der Waals surface area contributed by atoms with E-state index in [0.29, 0.717) is 11.0 Å². The maximum absolute atomic E-state index is 12.3. The van der Waals surface area contributed by atoms with Crippen LogP contribution in [0.1, 0.15) is 11.1 Å². The molecule has 0 aliphatic rings. The number of pyridine rings is 1. The van der Waals surface area contributed by atoms with Gasteiger partial charge in [0, 0.05) is 31.1 Å². The topological polar surface area (TPSA) is 116 Å². The van der Waals surface area contributed by atoms with Crippen LogP contribution in [0, 0.1) is 24.0 Å². The van der Waals surface area contributed by atoms with E-state index >= 15 is 0 Å². The maximum atomic E-state index is 12.3. The Morgan fingerprint density at radius 3 is 2.57 bits per heavy atom. The van der Waals surface area contributed by atoms with Crippen molar-refractivity contribution in [1.29, 1.82) is 0 Å². The summed E-state index contributed by atoms with van der Waals surface area (Å²) < 4.78 is 1.78. The molecule has 2 aromatic heterocycles. The molecule has 2 heterocycles. The Kier molecular flexibility index (Phi) is 5.69. The van der Waals surface area contributed by atoms with E-state index in [-0.39, 0.29) is 23.0 Å². The number of anilines is 1. The van der Waals surface area contributed by atoms with Crippen molar-refractivity contribution < 1.29 is 9.72 Å². The van der Waals surface area contributed by atoms with Crippen LogP contribution in [-0.2, 0) is 11.8 Å². The average molecular weight is 398 g/mol. The summed E-state index contributed by atoms with van der Waals surface area (Å²) in [5.41, 5.74) is 2.59. The van der Waals surface area contributed by atoms with E-state index in [9.17, 15) is 14.9 Å². The second-order valence-electron chi connectivity index (χ2n) is 6.15. The SMILES string of the molecule is Cc1cc(NC(=O)CSc2nnc(-c3ccncc3)n2C)c([N+](=O)[O-])cc1C. The van der Waals surface area contributed by atoms with Crippen molar-refractivity contribution in [3.05, 3.63) is 57.9 Å². The molecule has 0 fully saturated rings. The number of aryl methyl sites for hydroxylation is 2. The van der Waals surface area contributed by atoms with Gasteiger partial charge in [-0.3, -0.25) is 19.9 Å². The van der Waals surface area contributed by atoms with E-state index in [1.807, 2.05) is 26.1 Å². The monoisotopic (exact) mass is 398 g/mol. The molecular formula is C18H18N6O3S. The number of carbonyl (C=O) groups excluding carboxylic acids is 1. The van der Waals surface area contributed by atoms with Crippen LogP contribution in [0.25, 0.3) is 11.4 Å². The lowest BCUT2D eigenvalue weighted by molar-refractivity contribution is -0.384. The third-order valence-corrected chi connectivity index (χ3v) is 5.21. The number of thioether (sulfide) groups is 1. The molecule has 9 nitrogen and oxygen atoms in total. The molecule has 1 aromatic carbocycles. The van der Waals surface area contributed by atoms with Crippen LogP contribution in [0.2, 0.25) is 0 Å². The first kappa shape index (κ1) is 19.5. The number of nitrogens with one attached hydrogen (secondary N) is 1. The summed E-state index contributed by atoms with van der Waals surface area (Å²) in [7, 11) is 1.81. The molecule has 0 spiro atoms. The van der Waals surface area contributed by atoms with Crippen molar-refractivity contribution >= 4 is 29.0 Å². The van der Waals surface area contributed by atoms with Crippen molar-refractivity contribution in [2.45, 2.75) is 19.0 Å². The molecule has 0 radical (unpaired) electrons. The summed E-state index contributed by atoms with van der Waals surface area (Å²) in [5.74, 6) is 0.353. The molecule has 0 saturated heterocycles. The second kappa shape index (κ2) is 8.17. The molecule has 0 aliphatic heterocycles. The number of hydrogen-bond acceptors (Lipinski definition) is 7. The number of benzene rings is 1. The van der Waals surface area contributed by atoms with Gasteiger partial charge in [0.25, 0.3) is 5.69 Å². The molecule has 144 valence electrons. The van der Waals surface area contributed by atoms with Crippen molar-refractivity contribution in [2.24, 2.45) is 7.05 Å². The van der Waals surface area contributed by atoms with Crippen LogP contribution in [0.15, 0.2) is 41.8 Å². The Morgan fingerprint density at radius 2 is 1.89 bits per heavy atom. The first-order valence-electron chi connectivity index (χ1n) is 8.35. The molecule has 0 aliphatic carbocycles. The summed E-state index contributed by atoms with van der Waals surface area (Å²) in [4.78, 5) is 27.0. The molecule has 0 saturated carbocycles. The number of carbonyl (C=O) groups is 1. The van der Waals surface area contributed by atoms with Gasteiger partial charge in [0.15, 0.2) is 11.0 Å². The molecule has 0 bridgehead atoms. The maximum Gasteiger partial charge on any atom is 0.293 e. The highest BCUT2D eigenvalue weighted by atomic mass is 32.2. The van der Waals surface area contributed by atoms with E-state index in [4.69, 9.17) is 0 Å². The van der Waals surface area contributed by atoms with E-state index in [1.165, 1.54) is 17.8 Å². The second-order valence-corrected chi connectivity index (χ2v) is 7.09. The van der Waals surface area contributed by atoms with Crippen molar-refractivity contribution in [3.8, 4) is 11.4 Å². The summed E-state index contributed by atoms with van der Waals surface area (Å²) in [6, 6.07) is 6.72. The molecule has 0 atom stereocenters. The minimum atomic E-state index is -0.501. The highest BCUT2D eigenvalue weighted by Gasteiger charge is 2.18. The number of aromatic nitrogens is 4. The van der Waals surface area contributed by atoms with E-state index in [1.54, 1.807) is 30.0 Å². The van der Waals surface area contributed by atoms with E-state index in [2.05, 4.69) is 20.5 Å². The molecule has 28 heavy (non-hydrogen) atoms. The van der Waals surface area contributed by atoms with Crippen molar-refractivity contribution in [3.63, 3.8) is 0 Å². The zero-order chi connectivity index (χ0) is 20.3. The minimum absolute atomic E-state index is 0.0480. The number of nitro groups is 1. The van der Waals surface area contributed by atoms with Gasteiger partial charge in [-0.25, -0.2) is 0 Å². The summed E-state index contributed by atoms with van der Waals surface area (Å²) >= 11 is 1.20. The lowest BCUT2D eigenvalue weighted by atomic mass is 10.1. The highest BCUT2D eigenvalue weighted by molar-refractivity contribution is 7.99. The molecule has 1 N–H and O–H groups in total. The molecule has 0 unspecified atom stereocenters. The van der Waals surface area contributed by atoms with Crippen molar-refractivity contribution in [2.75, 3.05) is 11.1 Å².